The smallest absolute Gasteiger partial charge is 0.262 e. The maximum atomic E-state index is 13.7. The molecule has 2 amide bonds. The summed E-state index contributed by atoms with van der Waals surface area (Å²) in [4.78, 5) is 28.7. The van der Waals surface area contributed by atoms with Gasteiger partial charge in [0.05, 0.1) is 30.2 Å². The summed E-state index contributed by atoms with van der Waals surface area (Å²) in [7, 11) is 0. The van der Waals surface area contributed by atoms with Crippen molar-refractivity contribution < 1.29 is 37.4 Å². The van der Waals surface area contributed by atoms with Crippen LogP contribution in [0, 0.1) is 0 Å². The van der Waals surface area contributed by atoms with Crippen molar-refractivity contribution in [2.45, 2.75) is 46.8 Å². The van der Waals surface area contributed by atoms with Gasteiger partial charge in [0, 0.05) is 37.6 Å². The van der Waals surface area contributed by atoms with Crippen LogP contribution in [-0.2, 0) is 35.1 Å². The molecule has 0 saturated carbocycles. The van der Waals surface area contributed by atoms with Crippen LogP contribution in [0.15, 0.2) is 63.8 Å². The molecule has 0 unspecified atom stereocenters. The number of carbonyl (C=O) groups is 2. The predicted molar refractivity (Wildman–Crippen MR) is 138 cm³/mol. The summed E-state index contributed by atoms with van der Waals surface area (Å²) >= 11 is 0. The molecule has 0 atom stereocenters. The summed E-state index contributed by atoms with van der Waals surface area (Å²) in [5, 5.41) is 0. The summed E-state index contributed by atoms with van der Waals surface area (Å²) in [5.74, 6) is -0.0603. The Morgan fingerprint density at radius 1 is 0.684 bits per heavy atom. The summed E-state index contributed by atoms with van der Waals surface area (Å²) in [6.45, 7) is 9.19. The Bertz CT molecular complexity index is 1170. The minimum atomic E-state index is -0.728. The van der Waals surface area contributed by atoms with E-state index in [4.69, 9.17) is 27.8 Å². The quantitative estimate of drug-likeness (QED) is 0.202. The Morgan fingerprint density at radius 3 is 1.50 bits per heavy atom. The van der Waals surface area contributed by atoms with Crippen LogP contribution in [0.5, 0.6) is 0 Å². The molecule has 0 aliphatic carbocycles. The number of nitrogens with zero attached hydrogens (tertiary/aromatic N) is 1. The normalized spacial score (nSPS) is 14.1. The van der Waals surface area contributed by atoms with Gasteiger partial charge in [-0.15, -0.1) is 0 Å². The van der Waals surface area contributed by atoms with Gasteiger partial charge in [0.2, 0.25) is 12.6 Å². The second kappa shape index (κ2) is 12.8. The molecule has 0 N–H and O–H groups in total. The Balaban J connectivity index is 1.76. The van der Waals surface area contributed by atoms with E-state index in [0.29, 0.717) is 49.1 Å². The molecule has 2 aromatic heterocycles. The summed E-state index contributed by atoms with van der Waals surface area (Å²) in [6, 6.07) is 12.7. The van der Waals surface area contributed by atoms with Crippen LogP contribution < -0.4 is 0 Å². The first-order chi connectivity index (χ1) is 18.5. The maximum Gasteiger partial charge on any atom is 0.262 e. The molecule has 1 aromatic carbocycles. The zero-order chi connectivity index (χ0) is 27.1. The molecule has 4 rings (SSSR count). The number of furan rings is 2. The molecular weight excluding hydrogens is 490 g/mol. The van der Waals surface area contributed by atoms with E-state index >= 15 is 0 Å². The minimum absolute atomic E-state index is 0.127. The second-order valence-corrected chi connectivity index (χ2v) is 8.39. The van der Waals surface area contributed by atoms with Gasteiger partial charge in [-0.3, -0.25) is 14.5 Å². The van der Waals surface area contributed by atoms with E-state index in [-0.39, 0.29) is 17.7 Å². The van der Waals surface area contributed by atoms with E-state index in [2.05, 4.69) is 0 Å². The van der Waals surface area contributed by atoms with Crippen molar-refractivity contribution in [3.05, 3.63) is 83.2 Å². The van der Waals surface area contributed by atoms with Crippen molar-refractivity contribution in [1.29, 1.82) is 0 Å². The average Bonchev–Trinajstić information content (AvgIpc) is 3.65. The van der Waals surface area contributed by atoms with E-state index in [1.807, 2.05) is 58.0 Å². The third kappa shape index (κ3) is 5.81. The fraction of sp³-hybridized carbons (Fsp3) is 0.379. The Kier molecular flexibility index (Phi) is 9.30. The highest BCUT2D eigenvalue weighted by Crippen LogP contribution is 2.39. The van der Waals surface area contributed by atoms with E-state index in [1.165, 1.54) is 17.4 Å². The van der Waals surface area contributed by atoms with Gasteiger partial charge in [-0.05, 0) is 45.4 Å². The van der Waals surface area contributed by atoms with Crippen molar-refractivity contribution in [2.24, 2.45) is 0 Å². The average molecular weight is 524 g/mol. The molecular formula is C29H33NO8. The lowest BCUT2D eigenvalue weighted by molar-refractivity contribution is -0.150. The monoisotopic (exact) mass is 523 g/mol. The van der Waals surface area contributed by atoms with Gasteiger partial charge in [-0.2, -0.15) is 0 Å². The molecule has 0 radical (unpaired) electrons. The number of rotatable bonds is 14. The van der Waals surface area contributed by atoms with Crippen LogP contribution in [0.1, 0.15) is 68.5 Å². The highest BCUT2D eigenvalue weighted by molar-refractivity contribution is 6.48. The van der Waals surface area contributed by atoms with Crippen LogP contribution in [0.25, 0.3) is 11.1 Å². The van der Waals surface area contributed by atoms with Crippen LogP contribution in [-0.4, -0.2) is 43.1 Å². The lowest BCUT2D eigenvalue weighted by Crippen LogP contribution is -2.30. The molecule has 0 spiro atoms. The number of ether oxygens (including phenoxy) is 4. The van der Waals surface area contributed by atoms with Crippen molar-refractivity contribution in [3.8, 4) is 0 Å². The molecule has 1 aliphatic rings. The second-order valence-electron chi connectivity index (χ2n) is 8.39. The van der Waals surface area contributed by atoms with Crippen molar-refractivity contribution >= 4 is 23.0 Å². The number of amides is 2. The van der Waals surface area contributed by atoms with Crippen molar-refractivity contribution in [3.63, 3.8) is 0 Å². The predicted octanol–water partition coefficient (Wildman–Crippen LogP) is 5.50. The van der Waals surface area contributed by atoms with E-state index in [1.54, 1.807) is 12.1 Å². The van der Waals surface area contributed by atoms with Gasteiger partial charge in [0.15, 0.2) is 11.5 Å². The number of hydrogen-bond acceptors (Lipinski definition) is 8. The third-order valence-corrected chi connectivity index (χ3v) is 5.91. The van der Waals surface area contributed by atoms with Crippen molar-refractivity contribution in [2.75, 3.05) is 26.4 Å². The van der Waals surface area contributed by atoms with E-state index < -0.39 is 24.4 Å². The molecule has 1 aliphatic heterocycles. The first-order valence-electron chi connectivity index (χ1n) is 12.8. The van der Waals surface area contributed by atoms with Gasteiger partial charge in [-0.1, -0.05) is 30.3 Å². The highest BCUT2D eigenvalue weighted by Gasteiger charge is 2.41. The lowest BCUT2D eigenvalue weighted by atomic mass is 9.99. The van der Waals surface area contributed by atoms with E-state index in [0.717, 1.165) is 5.56 Å². The lowest BCUT2D eigenvalue weighted by Gasteiger charge is -2.15. The summed E-state index contributed by atoms with van der Waals surface area (Å²) < 4.78 is 34.1. The van der Waals surface area contributed by atoms with Gasteiger partial charge in [0.25, 0.3) is 11.8 Å². The SMILES string of the molecule is CCOC(OCC)c1cc(C2=C(c3coc(C(OCC)OCC)c3)C(=O)N(Cc3ccccc3)C2=O)co1. The molecule has 9 heteroatoms. The number of hydrogen-bond donors (Lipinski definition) is 0. The Morgan fingerprint density at radius 2 is 1.11 bits per heavy atom. The highest BCUT2D eigenvalue weighted by atomic mass is 16.7. The summed E-state index contributed by atoms with van der Waals surface area (Å²) in [6.07, 6.45) is 1.43. The minimum Gasteiger partial charge on any atom is -0.463 e. The molecule has 3 aromatic rings. The summed E-state index contributed by atoms with van der Waals surface area (Å²) in [5.41, 5.74) is 2.15. The number of imide groups is 1. The van der Waals surface area contributed by atoms with Crippen LogP contribution >= 0.6 is 0 Å². The standard InChI is InChI=1S/C29H33NO8/c1-5-33-28(34-6-2)22-14-20(17-37-22)24-25(21-15-23(38-18-21)29(35-7-3)36-8-4)27(32)30(26(24)31)16-19-12-10-9-11-13-19/h9-15,17-18,28-29H,5-8,16H2,1-4H3. The Hall–Kier alpha value is -3.50. The fourth-order valence-corrected chi connectivity index (χ4v) is 4.27. The van der Waals surface area contributed by atoms with Crippen LogP contribution in [0.2, 0.25) is 0 Å². The largest absolute Gasteiger partial charge is 0.463 e. The maximum absolute atomic E-state index is 13.7. The van der Waals surface area contributed by atoms with Gasteiger partial charge < -0.3 is 27.8 Å². The van der Waals surface area contributed by atoms with E-state index in [9.17, 15) is 9.59 Å². The molecule has 38 heavy (non-hydrogen) atoms. The molecule has 3 heterocycles. The zero-order valence-electron chi connectivity index (χ0n) is 22.1. The Labute approximate surface area is 221 Å². The fourth-order valence-electron chi connectivity index (χ4n) is 4.27. The topological polar surface area (TPSA) is 101 Å². The first kappa shape index (κ1) is 27.5. The molecule has 0 saturated heterocycles. The third-order valence-electron chi connectivity index (χ3n) is 5.91. The van der Waals surface area contributed by atoms with Crippen LogP contribution in [0.4, 0.5) is 0 Å². The number of carbonyl (C=O) groups excluding carboxylic acids is 2. The van der Waals surface area contributed by atoms with Gasteiger partial charge in [0.1, 0.15) is 0 Å². The number of benzene rings is 1. The first-order valence-corrected chi connectivity index (χ1v) is 12.8. The van der Waals surface area contributed by atoms with Gasteiger partial charge >= 0.3 is 0 Å². The molecule has 9 nitrogen and oxygen atoms in total. The zero-order valence-corrected chi connectivity index (χ0v) is 22.1. The molecule has 0 fully saturated rings. The molecule has 0 bridgehead atoms. The molecule has 202 valence electrons. The van der Waals surface area contributed by atoms with Gasteiger partial charge in [-0.25, -0.2) is 0 Å². The van der Waals surface area contributed by atoms with Crippen molar-refractivity contribution in [1.82, 2.24) is 4.90 Å². The van der Waals surface area contributed by atoms with Crippen LogP contribution in [0.3, 0.4) is 0 Å².